The van der Waals surface area contributed by atoms with Crippen molar-refractivity contribution in [3.05, 3.63) is 131 Å². The van der Waals surface area contributed by atoms with Crippen LogP contribution in [0.4, 0.5) is 0 Å². The Morgan fingerprint density at radius 3 is 1.18 bits per heavy atom. The average molecular weight is 537 g/mol. The molecule has 0 saturated heterocycles. The number of benzene rings is 4. The smallest absolute Gasteiger partial charge is 0.312 e. The van der Waals surface area contributed by atoms with E-state index >= 15 is 0 Å². The number of rotatable bonds is 10. The highest BCUT2D eigenvalue weighted by Crippen LogP contribution is 2.28. The minimum absolute atomic E-state index is 0.278. The summed E-state index contributed by atoms with van der Waals surface area (Å²) < 4.78 is 10.6. The van der Waals surface area contributed by atoms with Gasteiger partial charge in [-0.2, -0.15) is 0 Å². The van der Waals surface area contributed by atoms with E-state index in [0.29, 0.717) is 0 Å². The molecular formula is C34H36N2O4. The molecular weight excluding hydrogens is 500 g/mol. The van der Waals surface area contributed by atoms with E-state index in [1.807, 2.05) is 123 Å². The first-order valence-corrected chi connectivity index (χ1v) is 13.4. The largest absolute Gasteiger partial charge is 0.497 e. The highest BCUT2D eigenvalue weighted by molar-refractivity contribution is 6.35. The summed E-state index contributed by atoms with van der Waals surface area (Å²) in [7, 11) is 3.23. The van der Waals surface area contributed by atoms with Crippen LogP contribution in [0.15, 0.2) is 109 Å². The van der Waals surface area contributed by atoms with Gasteiger partial charge in [0.25, 0.3) is 0 Å². The third-order valence-electron chi connectivity index (χ3n) is 7.23. The van der Waals surface area contributed by atoms with Crippen molar-refractivity contribution in [2.75, 3.05) is 14.2 Å². The van der Waals surface area contributed by atoms with Crippen LogP contribution in [0.5, 0.6) is 11.5 Å². The van der Waals surface area contributed by atoms with Crippen LogP contribution in [-0.2, 0) is 22.7 Å². The monoisotopic (exact) mass is 536 g/mol. The maximum atomic E-state index is 14.1. The third-order valence-corrected chi connectivity index (χ3v) is 7.23. The predicted octanol–water partition coefficient (Wildman–Crippen LogP) is 6.58. The van der Waals surface area contributed by atoms with E-state index < -0.39 is 11.8 Å². The van der Waals surface area contributed by atoms with E-state index in [9.17, 15) is 9.59 Å². The molecule has 2 atom stereocenters. The van der Waals surface area contributed by atoms with Crippen LogP contribution in [0.2, 0.25) is 0 Å². The van der Waals surface area contributed by atoms with Crippen LogP contribution >= 0.6 is 0 Å². The molecule has 6 heteroatoms. The Hall–Kier alpha value is -4.58. The zero-order valence-electron chi connectivity index (χ0n) is 23.5. The molecule has 0 spiro atoms. The van der Waals surface area contributed by atoms with Gasteiger partial charge in [-0.25, -0.2) is 0 Å². The standard InChI is InChI=1S/C34H36N2O4/c1-25(29-11-7-5-8-12-29)35(23-27-15-19-31(39-3)20-16-27)33(37)34(38)36(26(2)30-13-9-6-10-14-30)24-28-17-21-32(40-4)22-18-28/h5-22,25-26H,23-24H2,1-4H3/t25-,26-/m0/s1. The second-order valence-electron chi connectivity index (χ2n) is 9.74. The van der Waals surface area contributed by atoms with Gasteiger partial charge in [0.2, 0.25) is 0 Å². The van der Waals surface area contributed by atoms with Crippen LogP contribution in [0.1, 0.15) is 48.2 Å². The topological polar surface area (TPSA) is 59.1 Å². The van der Waals surface area contributed by atoms with Gasteiger partial charge in [0.05, 0.1) is 26.3 Å². The molecule has 4 aromatic rings. The maximum Gasteiger partial charge on any atom is 0.312 e. The highest BCUT2D eigenvalue weighted by Gasteiger charge is 2.33. The van der Waals surface area contributed by atoms with Crippen LogP contribution in [0.25, 0.3) is 0 Å². The zero-order valence-corrected chi connectivity index (χ0v) is 23.5. The molecule has 4 rings (SSSR count). The van der Waals surface area contributed by atoms with Crippen molar-refractivity contribution < 1.29 is 19.1 Å². The van der Waals surface area contributed by atoms with Gasteiger partial charge in [-0.15, -0.1) is 0 Å². The fourth-order valence-corrected chi connectivity index (χ4v) is 4.69. The molecule has 0 aliphatic carbocycles. The Morgan fingerprint density at radius 1 is 0.550 bits per heavy atom. The average Bonchev–Trinajstić information content (AvgIpc) is 3.02. The Kier molecular flexibility index (Phi) is 9.57. The lowest BCUT2D eigenvalue weighted by Crippen LogP contribution is -2.46. The maximum absolute atomic E-state index is 14.1. The lowest BCUT2D eigenvalue weighted by atomic mass is 10.0. The molecule has 6 nitrogen and oxygen atoms in total. The number of carbonyl (C=O) groups excluding carboxylic acids is 2. The summed E-state index contributed by atoms with van der Waals surface area (Å²) in [5.74, 6) is 0.360. The third kappa shape index (κ3) is 6.89. The Morgan fingerprint density at radius 2 is 0.875 bits per heavy atom. The van der Waals surface area contributed by atoms with Gasteiger partial charge in [0, 0.05) is 13.1 Å². The highest BCUT2D eigenvalue weighted by atomic mass is 16.5. The minimum Gasteiger partial charge on any atom is -0.497 e. The van der Waals surface area contributed by atoms with Crippen molar-refractivity contribution in [3.63, 3.8) is 0 Å². The van der Waals surface area contributed by atoms with Gasteiger partial charge >= 0.3 is 11.8 Å². The normalized spacial score (nSPS) is 12.2. The van der Waals surface area contributed by atoms with Crippen molar-refractivity contribution >= 4 is 11.8 Å². The first-order chi connectivity index (χ1) is 19.4. The van der Waals surface area contributed by atoms with Crippen LogP contribution in [0, 0.1) is 0 Å². The summed E-state index contributed by atoms with van der Waals surface area (Å²) in [5.41, 5.74) is 3.72. The zero-order chi connectivity index (χ0) is 28.5. The summed E-state index contributed by atoms with van der Waals surface area (Å²) in [4.78, 5) is 31.6. The molecule has 0 aliphatic heterocycles. The van der Waals surface area contributed by atoms with Gasteiger partial charge in [0.1, 0.15) is 11.5 Å². The van der Waals surface area contributed by atoms with E-state index in [1.165, 1.54) is 0 Å². The molecule has 2 amide bonds. The number of carbonyl (C=O) groups is 2. The number of hydrogen-bond acceptors (Lipinski definition) is 4. The van der Waals surface area contributed by atoms with E-state index in [4.69, 9.17) is 9.47 Å². The minimum atomic E-state index is -0.552. The SMILES string of the molecule is COc1ccc(CN(C(=O)C(=O)N(Cc2ccc(OC)cc2)[C@@H](C)c2ccccc2)[C@@H](C)c2ccccc2)cc1. The first-order valence-electron chi connectivity index (χ1n) is 13.4. The molecule has 0 unspecified atom stereocenters. The summed E-state index contributed by atoms with van der Waals surface area (Å²) >= 11 is 0. The van der Waals surface area contributed by atoms with E-state index in [-0.39, 0.29) is 25.2 Å². The summed E-state index contributed by atoms with van der Waals surface area (Å²) in [5, 5.41) is 0. The number of hydrogen-bond donors (Lipinski definition) is 0. The Labute approximate surface area is 236 Å². The lowest BCUT2D eigenvalue weighted by molar-refractivity contribution is -0.155. The van der Waals surface area contributed by atoms with Crippen molar-refractivity contribution in [2.24, 2.45) is 0 Å². The summed E-state index contributed by atoms with van der Waals surface area (Å²) in [6.07, 6.45) is 0. The molecule has 206 valence electrons. The summed E-state index contributed by atoms with van der Waals surface area (Å²) in [6, 6.07) is 34.0. The molecule has 4 aromatic carbocycles. The van der Waals surface area contributed by atoms with Gasteiger partial charge in [-0.1, -0.05) is 84.9 Å². The van der Waals surface area contributed by atoms with Crippen molar-refractivity contribution in [2.45, 2.75) is 39.0 Å². The van der Waals surface area contributed by atoms with Crippen LogP contribution < -0.4 is 9.47 Å². The van der Waals surface area contributed by atoms with Crippen LogP contribution in [0.3, 0.4) is 0 Å². The van der Waals surface area contributed by atoms with Crippen LogP contribution in [-0.4, -0.2) is 35.8 Å². The molecule has 0 saturated carbocycles. The molecule has 0 aromatic heterocycles. The van der Waals surface area contributed by atoms with Gasteiger partial charge in [0.15, 0.2) is 0 Å². The molecule has 0 aliphatic rings. The second-order valence-corrected chi connectivity index (χ2v) is 9.74. The van der Waals surface area contributed by atoms with Crippen molar-refractivity contribution in [1.29, 1.82) is 0 Å². The van der Waals surface area contributed by atoms with E-state index in [0.717, 1.165) is 33.8 Å². The Balaban J connectivity index is 1.68. The van der Waals surface area contributed by atoms with E-state index in [1.54, 1.807) is 24.0 Å². The fraction of sp³-hybridized carbons (Fsp3) is 0.235. The molecule has 40 heavy (non-hydrogen) atoms. The molecule has 0 bridgehead atoms. The first kappa shape index (κ1) is 28.4. The van der Waals surface area contributed by atoms with Gasteiger partial charge in [-0.3, -0.25) is 9.59 Å². The molecule has 0 fully saturated rings. The molecule has 0 heterocycles. The quantitative estimate of drug-likeness (QED) is 0.215. The number of methoxy groups -OCH3 is 2. The fourth-order valence-electron chi connectivity index (χ4n) is 4.69. The number of amides is 2. The van der Waals surface area contributed by atoms with Gasteiger partial charge < -0.3 is 19.3 Å². The van der Waals surface area contributed by atoms with Crippen molar-refractivity contribution in [3.8, 4) is 11.5 Å². The Bertz CT molecular complexity index is 1260. The predicted molar refractivity (Wildman–Crippen MR) is 157 cm³/mol. The van der Waals surface area contributed by atoms with E-state index in [2.05, 4.69) is 0 Å². The lowest BCUT2D eigenvalue weighted by Gasteiger charge is -2.34. The second kappa shape index (κ2) is 13.5. The number of nitrogens with zero attached hydrogens (tertiary/aromatic N) is 2. The molecule has 0 N–H and O–H groups in total. The van der Waals surface area contributed by atoms with Gasteiger partial charge in [-0.05, 0) is 60.4 Å². The molecule has 0 radical (unpaired) electrons. The van der Waals surface area contributed by atoms with Crippen molar-refractivity contribution in [1.82, 2.24) is 9.80 Å². The summed E-state index contributed by atoms with van der Waals surface area (Å²) in [6.45, 7) is 4.47. The number of ether oxygens (including phenoxy) is 2.